The number of rotatable bonds is 5. The predicted molar refractivity (Wildman–Crippen MR) is 83.7 cm³/mol. The highest BCUT2D eigenvalue weighted by Gasteiger charge is 2.13. The Balaban J connectivity index is 1.84. The van der Waals surface area contributed by atoms with Crippen LogP contribution in [0.25, 0.3) is 0 Å². The van der Waals surface area contributed by atoms with Gasteiger partial charge in [0.1, 0.15) is 4.88 Å². The van der Waals surface area contributed by atoms with Crippen molar-refractivity contribution in [2.75, 3.05) is 11.9 Å². The number of ether oxygens (including phenoxy) is 1. The normalized spacial score (nSPS) is 9.82. The minimum Gasteiger partial charge on any atom is -0.451 e. The van der Waals surface area contributed by atoms with Gasteiger partial charge in [-0.05, 0) is 41.6 Å². The third-order valence-electron chi connectivity index (χ3n) is 2.90. The van der Waals surface area contributed by atoms with Gasteiger partial charge in [-0.3, -0.25) is 4.79 Å². The summed E-state index contributed by atoms with van der Waals surface area (Å²) < 4.78 is 4.98. The SMILES string of the molecule is Cc1ccsc1C(=O)OCC(=O)Nc1ccc(CC#N)cc1. The maximum atomic E-state index is 11.8. The lowest BCUT2D eigenvalue weighted by molar-refractivity contribution is -0.119. The topological polar surface area (TPSA) is 79.2 Å². The van der Waals surface area contributed by atoms with E-state index in [1.54, 1.807) is 29.6 Å². The lowest BCUT2D eigenvalue weighted by atomic mass is 10.1. The molecule has 0 atom stereocenters. The van der Waals surface area contributed by atoms with Crippen LogP contribution in [0.1, 0.15) is 20.8 Å². The molecular formula is C16H14N2O3S. The first-order valence-corrected chi connectivity index (χ1v) is 7.45. The fraction of sp³-hybridized carbons (Fsp3) is 0.188. The first-order valence-electron chi connectivity index (χ1n) is 6.57. The molecule has 22 heavy (non-hydrogen) atoms. The second kappa shape index (κ2) is 7.38. The fourth-order valence-electron chi connectivity index (χ4n) is 1.77. The number of hydrogen-bond acceptors (Lipinski definition) is 5. The summed E-state index contributed by atoms with van der Waals surface area (Å²) in [7, 11) is 0. The Kier molecular flexibility index (Phi) is 5.28. The molecule has 0 unspecified atom stereocenters. The molecule has 0 spiro atoms. The summed E-state index contributed by atoms with van der Waals surface area (Å²) in [6.45, 7) is 1.48. The Hall–Kier alpha value is -2.65. The first-order chi connectivity index (χ1) is 10.6. The Labute approximate surface area is 132 Å². The van der Waals surface area contributed by atoms with Gasteiger partial charge in [-0.15, -0.1) is 11.3 Å². The second-order valence-corrected chi connectivity index (χ2v) is 5.50. The van der Waals surface area contributed by atoms with Crippen molar-refractivity contribution >= 4 is 28.9 Å². The summed E-state index contributed by atoms with van der Waals surface area (Å²) in [5, 5.41) is 13.0. The number of amides is 1. The number of esters is 1. The van der Waals surface area contributed by atoms with Crippen molar-refractivity contribution in [3.05, 3.63) is 51.7 Å². The molecule has 1 N–H and O–H groups in total. The van der Waals surface area contributed by atoms with Crippen LogP contribution in [0.3, 0.4) is 0 Å². The number of thiophene rings is 1. The predicted octanol–water partition coefficient (Wildman–Crippen LogP) is 2.92. The summed E-state index contributed by atoms with van der Waals surface area (Å²) in [5.74, 6) is -0.900. The van der Waals surface area contributed by atoms with Gasteiger partial charge in [0.2, 0.25) is 0 Å². The molecule has 1 heterocycles. The number of nitrogens with one attached hydrogen (secondary N) is 1. The Morgan fingerprint density at radius 1 is 1.27 bits per heavy atom. The van der Waals surface area contributed by atoms with Gasteiger partial charge >= 0.3 is 5.97 Å². The molecule has 6 heteroatoms. The molecule has 0 saturated heterocycles. The highest BCUT2D eigenvalue weighted by Crippen LogP contribution is 2.16. The molecule has 0 fully saturated rings. The number of hydrogen-bond donors (Lipinski definition) is 1. The van der Waals surface area contributed by atoms with E-state index in [1.807, 2.05) is 13.0 Å². The van der Waals surface area contributed by atoms with E-state index in [-0.39, 0.29) is 6.61 Å². The molecule has 0 radical (unpaired) electrons. The zero-order chi connectivity index (χ0) is 15.9. The van der Waals surface area contributed by atoms with Crippen molar-refractivity contribution in [1.82, 2.24) is 0 Å². The average molecular weight is 314 g/mol. The highest BCUT2D eigenvalue weighted by molar-refractivity contribution is 7.12. The minimum absolute atomic E-state index is 0.325. The van der Waals surface area contributed by atoms with Gasteiger partial charge in [-0.25, -0.2) is 4.79 Å². The zero-order valence-electron chi connectivity index (χ0n) is 12.0. The van der Waals surface area contributed by atoms with E-state index >= 15 is 0 Å². The van der Waals surface area contributed by atoms with Gasteiger partial charge in [0.15, 0.2) is 6.61 Å². The number of carbonyl (C=O) groups is 2. The molecule has 0 aliphatic carbocycles. The van der Waals surface area contributed by atoms with Crippen LogP contribution in [0, 0.1) is 18.3 Å². The number of anilines is 1. The molecule has 112 valence electrons. The molecule has 1 aromatic heterocycles. The van der Waals surface area contributed by atoms with E-state index in [0.29, 0.717) is 17.0 Å². The molecule has 0 bridgehead atoms. The van der Waals surface area contributed by atoms with Crippen LogP contribution in [0.5, 0.6) is 0 Å². The molecule has 1 amide bonds. The van der Waals surface area contributed by atoms with Crippen LogP contribution in [0.4, 0.5) is 5.69 Å². The van der Waals surface area contributed by atoms with Crippen molar-refractivity contribution in [3.8, 4) is 6.07 Å². The van der Waals surface area contributed by atoms with E-state index in [4.69, 9.17) is 10.00 Å². The van der Waals surface area contributed by atoms with Crippen molar-refractivity contribution in [1.29, 1.82) is 5.26 Å². The molecular weight excluding hydrogens is 300 g/mol. The van der Waals surface area contributed by atoms with Gasteiger partial charge in [0.05, 0.1) is 12.5 Å². The fourth-order valence-corrected chi connectivity index (χ4v) is 2.59. The summed E-state index contributed by atoms with van der Waals surface area (Å²) >= 11 is 1.29. The van der Waals surface area contributed by atoms with E-state index in [2.05, 4.69) is 11.4 Å². The molecule has 2 aromatic rings. The lowest BCUT2D eigenvalue weighted by Gasteiger charge is -2.07. The smallest absolute Gasteiger partial charge is 0.349 e. The minimum atomic E-state index is -0.494. The molecule has 0 aliphatic heterocycles. The Morgan fingerprint density at radius 2 is 2.00 bits per heavy atom. The van der Waals surface area contributed by atoms with Gasteiger partial charge in [0.25, 0.3) is 5.91 Å². The average Bonchev–Trinajstić information content (AvgIpc) is 2.93. The van der Waals surface area contributed by atoms with Crippen LogP contribution in [-0.4, -0.2) is 18.5 Å². The number of nitriles is 1. The Morgan fingerprint density at radius 3 is 2.59 bits per heavy atom. The lowest BCUT2D eigenvalue weighted by Crippen LogP contribution is -2.20. The van der Waals surface area contributed by atoms with Gasteiger partial charge in [0, 0.05) is 5.69 Å². The standard InChI is InChI=1S/C16H14N2O3S/c1-11-7-9-22-15(11)16(20)21-10-14(19)18-13-4-2-12(3-5-13)6-8-17/h2-5,7,9H,6,10H2,1H3,(H,18,19). The largest absolute Gasteiger partial charge is 0.451 e. The number of aryl methyl sites for hydroxylation is 1. The molecule has 2 rings (SSSR count). The van der Waals surface area contributed by atoms with E-state index < -0.39 is 11.9 Å². The van der Waals surface area contributed by atoms with Crippen LogP contribution >= 0.6 is 11.3 Å². The van der Waals surface area contributed by atoms with Crippen LogP contribution in [-0.2, 0) is 16.0 Å². The zero-order valence-corrected chi connectivity index (χ0v) is 12.8. The Bertz CT molecular complexity index is 714. The van der Waals surface area contributed by atoms with Crippen molar-refractivity contribution in [2.45, 2.75) is 13.3 Å². The first kappa shape index (κ1) is 15.7. The van der Waals surface area contributed by atoms with E-state index in [9.17, 15) is 9.59 Å². The number of nitrogens with zero attached hydrogens (tertiary/aromatic N) is 1. The monoisotopic (exact) mass is 314 g/mol. The molecule has 5 nitrogen and oxygen atoms in total. The van der Waals surface area contributed by atoms with Crippen LogP contribution in [0.15, 0.2) is 35.7 Å². The van der Waals surface area contributed by atoms with E-state index in [0.717, 1.165) is 11.1 Å². The summed E-state index contributed by atoms with van der Waals surface area (Å²) in [5.41, 5.74) is 2.30. The van der Waals surface area contributed by atoms with Crippen molar-refractivity contribution < 1.29 is 14.3 Å². The number of carbonyl (C=O) groups excluding carboxylic acids is 2. The highest BCUT2D eigenvalue weighted by atomic mass is 32.1. The third-order valence-corrected chi connectivity index (χ3v) is 3.90. The summed E-state index contributed by atoms with van der Waals surface area (Å²) in [6.07, 6.45) is 0.325. The van der Waals surface area contributed by atoms with E-state index in [1.165, 1.54) is 11.3 Å². The second-order valence-electron chi connectivity index (χ2n) is 4.59. The molecule has 0 aliphatic rings. The maximum absolute atomic E-state index is 11.8. The van der Waals surface area contributed by atoms with Gasteiger partial charge in [-0.2, -0.15) is 5.26 Å². The third kappa shape index (κ3) is 4.17. The quantitative estimate of drug-likeness (QED) is 0.861. The van der Waals surface area contributed by atoms with Crippen LogP contribution < -0.4 is 5.32 Å². The maximum Gasteiger partial charge on any atom is 0.349 e. The molecule has 0 saturated carbocycles. The molecule has 1 aromatic carbocycles. The van der Waals surface area contributed by atoms with Gasteiger partial charge in [-0.1, -0.05) is 12.1 Å². The van der Waals surface area contributed by atoms with Crippen molar-refractivity contribution in [2.24, 2.45) is 0 Å². The van der Waals surface area contributed by atoms with Crippen molar-refractivity contribution in [3.63, 3.8) is 0 Å². The summed E-state index contributed by atoms with van der Waals surface area (Å²) in [4.78, 5) is 24.0. The summed E-state index contributed by atoms with van der Waals surface area (Å²) in [6, 6.07) is 10.8. The van der Waals surface area contributed by atoms with Crippen LogP contribution in [0.2, 0.25) is 0 Å². The number of benzene rings is 1. The van der Waals surface area contributed by atoms with Gasteiger partial charge < -0.3 is 10.1 Å².